The number of likely N-dealkylation sites (tertiary alicyclic amines) is 2. The molecule has 0 radical (unpaired) electrons. The van der Waals surface area contributed by atoms with Crippen LogP contribution in [0.5, 0.6) is 0 Å². The van der Waals surface area contributed by atoms with Crippen molar-refractivity contribution >= 4 is 5.91 Å². The zero-order chi connectivity index (χ0) is 17.8. The van der Waals surface area contributed by atoms with Crippen molar-refractivity contribution in [3.05, 3.63) is 29.6 Å². The summed E-state index contributed by atoms with van der Waals surface area (Å²) in [5.74, 6) is 0.272. The second-order valence-corrected chi connectivity index (χ2v) is 7.71. The second-order valence-electron chi connectivity index (χ2n) is 7.71. The molecule has 3 saturated heterocycles. The molecule has 6 nitrogen and oxygen atoms in total. The van der Waals surface area contributed by atoms with Gasteiger partial charge < -0.3 is 9.64 Å². The van der Waals surface area contributed by atoms with Gasteiger partial charge in [0.05, 0.1) is 31.5 Å². The van der Waals surface area contributed by atoms with Gasteiger partial charge in [-0.2, -0.15) is 0 Å². The van der Waals surface area contributed by atoms with Crippen molar-refractivity contribution in [3.8, 4) is 0 Å². The summed E-state index contributed by atoms with van der Waals surface area (Å²) in [5, 5.41) is 0. The summed E-state index contributed by atoms with van der Waals surface area (Å²) in [7, 11) is 0. The van der Waals surface area contributed by atoms with Crippen molar-refractivity contribution in [2.24, 2.45) is 0 Å². The van der Waals surface area contributed by atoms with Crippen LogP contribution in [-0.2, 0) is 16.1 Å². The topological polar surface area (TPSA) is 48.9 Å². The molecule has 3 aliphatic heterocycles. The number of morpholine rings is 1. The van der Waals surface area contributed by atoms with Crippen molar-refractivity contribution in [1.29, 1.82) is 0 Å². The SMILES string of the molecule is O=C(CN1CCCC1)N1CCC[C@@H]1c1ccc(CN2CCOCC2)cn1. The summed E-state index contributed by atoms with van der Waals surface area (Å²) < 4.78 is 5.41. The van der Waals surface area contributed by atoms with Gasteiger partial charge in [0.15, 0.2) is 0 Å². The molecule has 0 unspecified atom stereocenters. The van der Waals surface area contributed by atoms with E-state index in [-0.39, 0.29) is 11.9 Å². The predicted octanol–water partition coefficient (Wildman–Crippen LogP) is 1.67. The Morgan fingerprint density at radius 3 is 2.58 bits per heavy atom. The first-order valence-electron chi connectivity index (χ1n) is 10.1. The average Bonchev–Trinajstić information content (AvgIpc) is 3.35. The van der Waals surface area contributed by atoms with Crippen LogP contribution in [-0.4, -0.2) is 78.1 Å². The third kappa shape index (κ3) is 4.24. The van der Waals surface area contributed by atoms with E-state index in [1.54, 1.807) is 0 Å². The van der Waals surface area contributed by atoms with Crippen LogP contribution in [0.3, 0.4) is 0 Å². The summed E-state index contributed by atoms with van der Waals surface area (Å²) in [6, 6.07) is 4.46. The van der Waals surface area contributed by atoms with Gasteiger partial charge in [-0.1, -0.05) is 6.07 Å². The minimum Gasteiger partial charge on any atom is -0.379 e. The number of aromatic nitrogens is 1. The molecule has 1 aromatic rings. The molecule has 0 spiro atoms. The fourth-order valence-electron chi connectivity index (χ4n) is 4.34. The summed E-state index contributed by atoms with van der Waals surface area (Å²) in [4.78, 5) is 24.2. The minimum absolute atomic E-state index is 0.155. The molecule has 0 bridgehead atoms. The molecule has 0 aliphatic carbocycles. The fraction of sp³-hybridized carbons (Fsp3) is 0.700. The van der Waals surface area contributed by atoms with E-state index in [1.165, 1.54) is 18.4 Å². The van der Waals surface area contributed by atoms with E-state index in [9.17, 15) is 4.79 Å². The number of carbonyl (C=O) groups excluding carboxylic acids is 1. The van der Waals surface area contributed by atoms with Crippen LogP contribution < -0.4 is 0 Å². The summed E-state index contributed by atoms with van der Waals surface area (Å²) in [6.45, 7) is 8.13. The van der Waals surface area contributed by atoms with E-state index in [1.807, 2.05) is 6.20 Å². The Morgan fingerprint density at radius 2 is 1.85 bits per heavy atom. The van der Waals surface area contributed by atoms with Crippen molar-refractivity contribution in [2.75, 3.05) is 52.5 Å². The van der Waals surface area contributed by atoms with Crippen LogP contribution in [0.4, 0.5) is 0 Å². The Labute approximate surface area is 156 Å². The van der Waals surface area contributed by atoms with Crippen molar-refractivity contribution in [1.82, 2.24) is 19.7 Å². The number of carbonyl (C=O) groups is 1. The van der Waals surface area contributed by atoms with Gasteiger partial charge >= 0.3 is 0 Å². The minimum atomic E-state index is 0.155. The zero-order valence-corrected chi connectivity index (χ0v) is 15.6. The normalized spacial score (nSPS) is 25.1. The van der Waals surface area contributed by atoms with E-state index in [0.29, 0.717) is 6.54 Å². The Hall–Kier alpha value is -1.50. The fourth-order valence-corrected chi connectivity index (χ4v) is 4.34. The summed E-state index contributed by atoms with van der Waals surface area (Å²) in [5.41, 5.74) is 2.28. The molecule has 0 saturated carbocycles. The van der Waals surface area contributed by atoms with Gasteiger partial charge in [-0.05, 0) is 50.4 Å². The van der Waals surface area contributed by atoms with Crippen LogP contribution >= 0.6 is 0 Å². The van der Waals surface area contributed by atoms with Gasteiger partial charge in [0.1, 0.15) is 0 Å². The number of amides is 1. The van der Waals surface area contributed by atoms with Crippen LogP contribution in [0.2, 0.25) is 0 Å². The van der Waals surface area contributed by atoms with Crippen LogP contribution in [0.1, 0.15) is 43.0 Å². The van der Waals surface area contributed by atoms with Gasteiger partial charge in [0, 0.05) is 32.4 Å². The first-order valence-corrected chi connectivity index (χ1v) is 10.1. The molecule has 3 aliphatic rings. The van der Waals surface area contributed by atoms with E-state index in [4.69, 9.17) is 9.72 Å². The molecule has 26 heavy (non-hydrogen) atoms. The highest BCUT2D eigenvalue weighted by Gasteiger charge is 2.31. The largest absolute Gasteiger partial charge is 0.379 e. The number of hydrogen-bond acceptors (Lipinski definition) is 5. The third-order valence-corrected chi connectivity index (χ3v) is 5.83. The highest BCUT2D eigenvalue weighted by atomic mass is 16.5. The lowest BCUT2D eigenvalue weighted by molar-refractivity contribution is -0.133. The molecule has 4 rings (SSSR count). The molecule has 142 valence electrons. The first kappa shape index (κ1) is 17.9. The molecular formula is C20H30N4O2. The maximum atomic E-state index is 12.8. The molecule has 1 atom stereocenters. The summed E-state index contributed by atoms with van der Waals surface area (Å²) in [6.07, 6.45) is 6.55. The quantitative estimate of drug-likeness (QED) is 0.801. The lowest BCUT2D eigenvalue weighted by Crippen LogP contribution is -2.39. The maximum Gasteiger partial charge on any atom is 0.237 e. The number of pyridine rings is 1. The van der Waals surface area contributed by atoms with Gasteiger partial charge in [0.2, 0.25) is 5.91 Å². The van der Waals surface area contributed by atoms with Gasteiger partial charge in [0.25, 0.3) is 0 Å². The Balaban J connectivity index is 1.36. The molecule has 1 amide bonds. The number of hydrogen-bond donors (Lipinski definition) is 0. The lowest BCUT2D eigenvalue weighted by atomic mass is 10.1. The average molecular weight is 358 g/mol. The number of nitrogens with zero attached hydrogens (tertiary/aromatic N) is 4. The monoisotopic (exact) mass is 358 g/mol. The van der Waals surface area contributed by atoms with Gasteiger partial charge in [-0.3, -0.25) is 19.6 Å². The highest BCUT2D eigenvalue weighted by molar-refractivity contribution is 5.79. The predicted molar refractivity (Wildman–Crippen MR) is 99.7 cm³/mol. The van der Waals surface area contributed by atoms with Crippen molar-refractivity contribution in [2.45, 2.75) is 38.3 Å². The van der Waals surface area contributed by atoms with Crippen molar-refractivity contribution in [3.63, 3.8) is 0 Å². The smallest absolute Gasteiger partial charge is 0.237 e. The molecule has 0 aromatic carbocycles. The molecule has 1 aromatic heterocycles. The maximum absolute atomic E-state index is 12.8. The Bertz CT molecular complexity index is 594. The van der Waals surface area contributed by atoms with Crippen LogP contribution in [0.25, 0.3) is 0 Å². The molecule has 3 fully saturated rings. The highest BCUT2D eigenvalue weighted by Crippen LogP contribution is 2.31. The number of rotatable bonds is 5. The second kappa shape index (κ2) is 8.46. The van der Waals surface area contributed by atoms with Crippen LogP contribution in [0.15, 0.2) is 18.3 Å². The van der Waals surface area contributed by atoms with E-state index >= 15 is 0 Å². The van der Waals surface area contributed by atoms with Crippen LogP contribution in [0, 0.1) is 0 Å². The van der Waals surface area contributed by atoms with Crippen molar-refractivity contribution < 1.29 is 9.53 Å². The zero-order valence-electron chi connectivity index (χ0n) is 15.6. The van der Waals surface area contributed by atoms with Gasteiger partial charge in [-0.25, -0.2) is 0 Å². The van der Waals surface area contributed by atoms with E-state index in [2.05, 4.69) is 26.8 Å². The Morgan fingerprint density at radius 1 is 1.04 bits per heavy atom. The lowest BCUT2D eigenvalue weighted by Gasteiger charge is -2.28. The molecular weight excluding hydrogens is 328 g/mol. The van der Waals surface area contributed by atoms with E-state index in [0.717, 1.165) is 71.0 Å². The van der Waals surface area contributed by atoms with Gasteiger partial charge in [-0.15, -0.1) is 0 Å². The summed E-state index contributed by atoms with van der Waals surface area (Å²) >= 11 is 0. The van der Waals surface area contributed by atoms with E-state index < -0.39 is 0 Å². The molecule has 0 N–H and O–H groups in total. The first-order chi connectivity index (χ1) is 12.8. The Kier molecular flexibility index (Phi) is 5.82. The molecule has 6 heteroatoms. The third-order valence-electron chi connectivity index (χ3n) is 5.83. The standard InChI is InChI=1S/C20H30N4O2/c25-20(16-22-7-1-2-8-22)24-9-3-4-19(24)18-6-5-17(14-21-18)15-23-10-12-26-13-11-23/h5-6,14,19H,1-4,7-13,15-16H2/t19-/m1/s1. The molecule has 4 heterocycles. The number of ether oxygens (including phenoxy) is 1.